The van der Waals surface area contributed by atoms with E-state index in [1.165, 1.54) is 5.56 Å². The van der Waals surface area contributed by atoms with Crippen LogP contribution in [0.15, 0.2) is 29.3 Å². The van der Waals surface area contributed by atoms with Gasteiger partial charge in [-0.3, -0.25) is 4.99 Å². The molecule has 8 heteroatoms. The van der Waals surface area contributed by atoms with Gasteiger partial charge in [0.05, 0.1) is 13.2 Å². The predicted octanol–water partition coefficient (Wildman–Crippen LogP) is 2.05. The first kappa shape index (κ1) is 26.9. The Morgan fingerprint density at radius 2 is 1.75 bits per heavy atom. The van der Waals surface area contributed by atoms with E-state index in [9.17, 15) is 0 Å². The molecule has 0 spiro atoms. The molecular weight excluding hydrogens is 469 g/mol. The fourth-order valence-corrected chi connectivity index (χ4v) is 2.79. The SMILES string of the molecule is CN=C(NCCN(C)CCCOC)NCC(c1ccc(OC)cc1)N(C)C.I. The zero-order chi connectivity index (χ0) is 20.1. The van der Waals surface area contributed by atoms with E-state index < -0.39 is 0 Å². The van der Waals surface area contributed by atoms with Gasteiger partial charge in [-0.05, 0) is 45.3 Å². The highest BCUT2D eigenvalue weighted by atomic mass is 127. The molecule has 0 aliphatic carbocycles. The number of ether oxygens (including phenoxy) is 2. The highest BCUT2D eigenvalue weighted by Crippen LogP contribution is 2.20. The normalized spacial score (nSPS) is 12.6. The number of nitrogens with zero attached hydrogens (tertiary/aromatic N) is 3. The van der Waals surface area contributed by atoms with Crippen LogP contribution in [0.25, 0.3) is 0 Å². The standard InChI is InChI=1S/C20H37N5O2.HI/c1-21-20(22-12-14-25(4)13-7-15-26-5)23-16-19(24(2)3)17-8-10-18(27-6)11-9-17;/h8-11,19H,7,12-16H2,1-6H3,(H2,21,22,23);1H. The summed E-state index contributed by atoms with van der Waals surface area (Å²) in [7, 11) is 11.5. The number of hydrogen-bond acceptors (Lipinski definition) is 5. The molecule has 0 aliphatic rings. The van der Waals surface area contributed by atoms with Crippen LogP contribution in [-0.4, -0.2) is 91.0 Å². The molecule has 0 fully saturated rings. The van der Waals surface area contributed by atoms with Gasteiger partial charge in [-0.2, -0.15) is 0 Å². The second-order valence-electron chi connectivity index (χ2n) is 6.78. The van der Waals surface area contributed by atoms with Crippen molar-refractivity contribution in [2.24, 2.45) is 4.99 Å². The van der Waals surface area contributed by atoms with Crippen molar-refractivity contribution >= 4 is 29.9 Å². The molecule has 1 unspecified atom stereocenters. The van der Waals surface area contributed by atoms with Crippen molar-refractivity contribution < 1.29 is 9.47 Å². The summed E-state index contributed by atoms with van der Waals surface area (Å²) in [5, 5.41) is 6.81. The van der Waals surface area contributed by atoms with Crippen molar-refractivity contribution in [1.29, 1.82) is 0 Å². The average molecular weight is 507 g/mol. The first-order chi connectivity index (χ1) is 13.0. The minimum atomic E-state index is 0. The van der Waals surface area contributed by atoms with Gasteiger partial charge in [0.1, 0.15) is 5.75 Å². The van der Waals surface area contributed by atoms with Gasteiger partial charge in [-0.25, -0.2) is 0 Å². The Labute approximate surface area is 187 Å². The molecule has 0 saturated heterocycles. The molecule has 0 heterocycles. The highest BCUT2D eigenvalue weighted by molar-refractivity contribution is 14.0. The maximum absolute atomic E-state index is 5.25. The Bertz CT molecular complexity index is 540. The van der Waals surface area contributed by atoms with Crippen LogP contribution in [-0.2, 0) is 4.74 Å². The maximum Gasteiger partial charge on any atom is 0.191 e. The quantitative estimate of drug-likeness (QED) is 0.196. The van der Waals surface area contributed by atoms with E-state index in [1.807, 2.05) is 12.1 Å². The Balaban J connectivity index is 0.00000729. The van der Waals surface area contributed by atoms with E-state index in [0.29, 0.717) is 0 Å². The number of methoxy groups -OCH3 is 2. The summed E-state index contributed by atoms with van der Waals surface area (Å²) >= 11 is 0. The highest BCUT2D eigenvalue weighted by Gasteiger charge is 2.14. The summed E-state index contributed by atoms with van der Waals surface area (Å²) in [6, 6.07) is 8.45. The first-order valence-electron chi connectivity index (χ1n) is 9.44. The third-order valence-electron chi connectivity index (χ3n) is 4.48. The van der Waals surface area contributed by atoms with E-state index in [2.05, 4.69) is 58.7 Å². The van der Waals surface area contributed by atoms with Gasteiger partial charge in [0.25, 0.3) is 0 Å². The lowest BCUT2D eigenvalue weighted by molar-refractivity contribution is 0.180. The minimum absolute atomic E-state index is 0. The van der Waals surface area contributed by atoms with E-state index in [4.69, 9.17) is 9.47 Å². The van der Waals surface area contributed by atoms with E-state index >= 15 is 0 Å². The number of rotatable bonds is 12. The minimum Gasteiger partial charge on any atom is -0.497 e. The fraction of sp³-hybridized carbons (Fsp3) is 0.650. The summed E-state index contributed by atoms with van der Waals surface area (Å²) in [4.78, 5) is 8.82. The van der Waals surface area contributed by atoms with Crippen molar-refractivity contribution in [3.05, 3.63) is 29.8 Å². The van der Waals surface area contributed by atoms with Crippen molar-refractivity contribution in [3.63, 3.8) is 0 Å². The third-order valence-corrected chi connectivity index (χ3v) is 4.48. The van der Waals surface area contributed by atoms with E-state index in [-0.39, 0.29) is 30.0 Å². The number of nitrogens with one attached hydrogen (secondary N) is 2. The predicted molar refractivity (Wildman–Crippen MR) is 128 cm³/mol. The number of likely N-dealkylation sites (N-methyl/N-ethyl adjacent to an activating group) is 2. The molecule has 0 aromatic heterocycles. The average Bonchev–Trinajstić information content (AvgIpc) is 2.67. The Morgan fingerprint density at radius 3 is 2.29 bits per heavy atom. The maximum atomic E-state index is 5.25. The lowest BCUT2D eigenvalue weighted by Crippen LogP contribution is -2.44. The molecule has 0 bridgehead atoms. The van der Waals surface area contributed by atoms with Crippen LogP contribution >= 0.6 is 24.0 Å². The number of hydrogen-bond donors (Lipinski definition) is 2. The number of guanidine groups is 1. The van der Waals surface area contributed by atoms with Crippen molar-refractivity contribution in [2.45, 2.75) is 12.5 Å². The molecule has 0 aliphatic heterocycles. The summed E-state index contributed by atoms with van der Waals surface area (Å²) in [6.07, 6.45) is 1.05. The lowest BCUT2D eigenvalue weighted by atomic mass is 10.1. The Morgan fingerprint density at radius 1 is 1.07 bits per heavy atom. The summed E-state index contributed by atoms with van der Waals surface area (Å²) in [5.74, 6) is 1.69. The van der Waals surface area contributed by atoms with Crippen molar-refractivity contribution in [1.82, 2.24) is 20.4 Å². The molecule has 0 amide bonds. The smallest absolute Gasteiger partial charge is 0.191 e. The molecule has 7 nitrogen and oxygen atoms in total. The number of halogens is 1. The molecular formula is C20H38IN5O2. The van der Waals surface area contributed by atoms with E-state index in [1.54, 1.807) is 21.3 Å². The van der Waals surface area contributed by atoms with Crippen LogP contribution in [0.4, 0.5) is 0 Å². The topological polar surface area (TPSA) is 61.4 Å². The van der Waals surface area contributed by atoms with Crippen LogP contribution in [0.5, 0.6) is 5.75 Å². The van der Waals surface area contributed by atoms with Gasteiger partial charge in [-0.15, -0.1) is 24.0 Å². The molecule has 1 aromatic rings. The Hall–Kier alpha value is -1.10. The van der Waals surface area contributed by atoms with Crippen LogP contribution in [0, 0.1) is 0 Å². The third kappa shape index (κ3) is 10.4. The second kappa shape index (κ2) is 15.8. The van der Waals surface area contributed by atoms with Gasteiger partial charge in [-0.1, -0.05) is 12.1 Å². The van der Waals surface area contributed by atoms with Crippen LogP contribution in [0.1, 0.15) is 18.0 Å². The van der Waals surface area contributed by atoms with Gasteiger partial charge in [0, 0.05) is 46.9 Å². The molecule has 28 heavy (non-hydrogen) atoms. The van der Waals surface area contributed by atoms with Crippen molar-refractivity contribution in [2.75, 3.05) is 75.2 Å². The summed E-state index contributed by atoms with van der Waals surface area (Å²) in [5.41, 5.74) is 1.24. The molecule has 0 radical (unpaired) electrons. The zero-order valence-electron chi connectivity index (χ0n) is 18.2. The van der Waals surface area contributed by atoms with E-state index in [0.717, 1.165) is 50.9 Å². The monoisotopic (exact) mass is 507 g/mol. The van der Waals surface area contributed by atoms with Gasteiger partial charge in [0.2, 0.25) is 0 Å². The van der Waals surface area contributed by atoms with Crippen LogP contribution in [0.2, 0.25) is 0 Å². The zero-order valence-corrected chi connectivity index (χ0v) is 20.5. The first-order valence-corrected chi connectivity index (χ1v) is 9.44. The number of aliphatic imine (C=N–C) groups is 1. The van der Waals surface area contributed by atoms with Crippen LogP contribution in [0.3, 0.4) is 0 Å². The second-order valence-corrected chi connectivity index (χ2v) is 6.78. The van der Waals surface area contributed by atoms with Crippen molar-refractivity contribution in [3.8, 4) is 5.75 Å². The molecule has 0 saturated carbocycles. The number of benzene rings is 1. The molecule has 1 aromatic carbocycles. The summed E-state index contributed by atoms with van der Waals surface area (Å²) in [6.45, 7) is 4.40. The van der Waals surface area contributed by atoms with Gasteiger partial charge >= 0.3 is 0 Å². The Kier molecular flexibility index (Phi) is 15.2. The largest absolute Gasteiger partial charge is 0.497 e. The molecule has 162 valence electrons. The molecule has 1 rings (SSSR count). The lowest BCUT2D eigenvalue weighted by Gasteiger charge is -2.26. The van der Waals surface area contributed by atoms with Gasteiger partial charge < -0.3 is 29.9 Å². The molecule has 2 N–H and O–H groups in total. The van der Waals surface area contributed by atoms with Gasteiger partial charge in [0.15, 0.2) is 5.96 Å². The summed E-state index contributed by atoms with van der Waals surface area (Å²) < 4.78 is 10.3. The fourth-order valence-electron chi connectivity index (χ4n) is 2.79. The molecule has 1 atom stereocenters. The van der Waals surface area contributed by atoms with Crippen LogP contribution < -0.4 is 15.4 Å².